The summed E-state index contributed by atoms with van der Waals surface area (Å²) < 4.78 is 30.9. The number of pyridine rings is 2. The molecule has 5 amide bonds. The summed E-state index contributed by atoms with van der Waals surface area (Å²) in [4.78, 5) is 53.8. The number of benzene rings is 2. The van der Waals surface area contributed by atoms with Crippen LogP contribution in [0.2, 0.25) is 10.0 Å². The third kappa shape index (κ3) is 10.2. The first kappa shape index (κ1) is 30.4. The van der Waals surface area contributed by atoms with Crippen molar-refractivity contribution in [1.29, 1.82) is 0 Å². The van der Waals surface area contributed by atoms with Crippen LogP contribution in [0.5, 0.6) is 5.75 Å². The summed E-state index contributed by atoms with van der Waals surface area (Å²) >= 11 is 11.3. The predicted molar refractivity (Wildman–Crippen MR) is 144 cm³/mol. The number of para-hydroxylation sites is 1. The van der Waals surface area contributed by atoms with Gasteiger partial charge in [0.1, 0.15) is 23.0 Å². The van der Waals surface area contributed by atoms with Gasteiger partial charge in [-0.3, -0.25) is 31.1 Å². The van der Waals surface area contributed by atoms with Crippen molar-refractivity contribution in [2.75, 3.05) is 5.43 Å². The molecule has 210 valence electrons. The molecule has 15 heteroatoms. The molecule has 2 aromatic carbocycles. The summed E-state index contributed by atoms with van der Waals surface area (Å²) in [7, 11) is 0. The number of hydrogen-bond acceptors (Lipinski definition) is 8. The van der Waals surface area contributed by atoms with Crippen LogP contribution in [-0.2, 0) is 0 Å². The SMILES string of the molecule is O=C(NC(=O)c1ccc(Cl)cn1)Oc1ccccc1.O=C(NNc1ccc(F)cc1F)NC(=O)c1ccc(Cl)cn1. The number of nitrogens with one attached hydrogen (secondary N) is 4. The number of nitrogens with zero attached hydrogens (tertiary/aromatic N) is 2. The molecular formula is C26H18Cl2F2N6O5. The standard InChI is InChI=1S/C13H9ClF2N4O2.C13H9ClN2O3/c14-7-1-3-11(17-6-7)12(21)18-13(22)20-19-10-4-2-8(15)5-9(10)16;14-9-6-7-11(15-8-9)12(17)16-13(18)19-10-4-2-1-3-5-10/h1-6,19H,(H2,18,20,21,22);1-8H,(H,16,17,18). The van der Waals surface area contributed by atoms with Gasteiger partial charge in [-0.25, -0.2) is 28.3 Å². The summed E-state index contributed by atoms with van der Waals surface area (Å²) in [6.07, 6.45) is 1.70. The summed E-state index contributed by atoms with van der Waals surface area (Å²) in [5.74, 6) is -2.73. The van der Waals surface area contributed by atoms with Gasteiger partial charge in [-0.15, -0.1) is 0 Å². The van der Waals surface area contributed by atoms with E-state index in [0.29, 0.717) is 21.9 Å². The van der Waals surface area contributed by atoms with Crippen molar-refractivity contribution in [1.82, 2.24) is 26.0 Å². The molecule has 0 aliphatic heterocycles. The Bertz CT molecular complexity index is 1530. The normalized spacial score (nSPS) is 9.85. The van der Waals surface area contributed by atoms with E-state index in [4.69, 9.17) is 27.9 Å². The fraction of sp³-hybridized carbons (Fsp3) is 0. The monoisotopic (exact) mass is 602 g/mol. The van der Waals surface area contributed by atoms with Crippen molar-refractivity contribution in [3.63, 3.8) is 0 Å². The second kappa shape index (κ2) is 14.9. The van der Waals surface area contributed by atoms with Crippen LogP contribution in [0, 0.1) is 11.6 Å². The largest absolute Gasteiger partial charge is 0.419 e. The minimum Gasteiger partial charge on any atom is -0.410 e. The maximum absolute atomic E-state index is 13.3. The number of hydrazine groups is 1. The van der Waals surface area contributed by atoms with Gasteiger partial charge in [0.05, 0.1) is 15.7 Å². The molecule has 0 aliphatic rings. The average molecular weight is 603 g/mol. The predicted octanol–water partition coefficient (Wildman–Crippen LogP) is 5.14. The van der Waals surface area contributed by atoms with Gasteiger partial charge < -0.3 is 4.74 Å². The number of halogens is 4. The molecule has 0 bridgehead atoms. The second-order valence-electron chi connectivity index (χ2n) is 7.54. The van der Waals surface area contributed by atoms with Crippen LogP contribution in [0.1, 0.15) is 21.0 Å². The average Bonchev–Trinajstić information content (AvgIpc) is 2.94. The topological polar surface area (TPSA) is 151 Å². The lowest BCUT2D eigenvalue weighted by Gasteiger charge is -2.09. The maximum atomic E-state index is 13.3. The molecular weight excluding hydrogens is 585 g/mol. The number of rotatable bonds is 5. The molecule has 11 nitrogen and oxygen atoms in total. The van der Waals surface area contributed by atoms with Crippen LogP contribution in [0.25, 0.3) is 0 Å². The van der Waals surface area contributed by atoms with E-state index in [1.165, 1.54) is 36.7 Å². The van der Waals surface area contributed by atoms with Gasteiger partial charge >= 0.3 is 12.1 Å². The van der Waals surface area contributed by atoms with Gasteiger partial charge in [0.2, 0.25) is 0 Å². The fourth-order valence-electron chi connectivity index (χ4n) is 2.71. The van der Waals surface area contributed by atoms with E-state index >= 15 is 0 Å². The summed E-state index contributed by atoms with van der Waals surface area (Å²) in [6.45, 7) is 0. The quantitative estimate of drug-likeness (QED) is 0.229. The van der Waals surface area contributed by atoms with Gasteiger partial charge in [0.15, 0.2) is 5.82 Å². The number of ether oxygens (including phenoxy) is 1. The number of amides is 5. The number of carbonyl (C=O) groups is 4. The van der Waals surface area contributed by atoms with Gasteiger partial charge in [-0.05, 0) is 48.5 Å². The summed E-state index contributed by atoms with van der Waals surface area (Å²) in [6, 6.07) is 15.9. The van der Waals surface area contributed by atoms with E-state index in [1.807, 2.05) is 10.7 Å². The molecule has 2 heterocycles. The van der Waals surface area contributed by atoms with Crippen LogP contribution in [0.4, 0.5) is 24.1 Å². The van der Waals surface area contributed by atoms with Crippen molar-refractivity contribution in [3.05, 3.63) is 118 Å². The second-order valence-corrected chi connectivity index (χ2v) is 8.41. The van der Waals surface area contributed by atoms with Crippen LogP contribution >= 0.6 is 23.2 Å². The number of urea groups is 1. The van der Waals surface area contributed by atoms with Crippen LogP contribution in [0.3, 0.4) is 0 Å². The molecule has 41 heavy (non-hydrogen) atoms. The lowest BCUT2D eigenvalue weighted by atomic mass is 10.3. The van der Waals surface area contributed by atoms with E-state index in [-0.39, 0.29) is 17.1 Å². The van der Waals surface area contributed by atoms with Gasteiger partial charge in [0, 0.05) is 18.5 Å². The van der Waals surface area contributed by atoms with Crippen molar-refractivity contribution >= 4 is 52.8 Å². The molecule has 4 N–H and O–H groups in total. The molecule has 4 aromatic rings. The third-order valence-corrected chi connectivity index (χ3v) is 5.01. The maximum Gasteiger partial charge on any atom is 0.419 e. The van der Waals surface area contributed by atoms with E-state index in [0.717, 1.165) is 12.1 Å². The highest BCUT2D eigenvalue weighted by atomic mass is 35.5. The van der Waals surface area contributed by atoms with Crippen molar-refractivity contribution < 1.29 is 32.7 Å². The third-order valence-electron chi connectivity index (χ3n) is 4.56. The zero-order chi connectivity index (χ0) is 29.8. The van der Waals surface area contributed by atoms with E-state index in [1.54, 1.807) is 30.3 Å². The Morgan fingerprint density at radius 1 is 0.732 bits per heavy atom. The lowest BCUT2D eigenvalue weighted by molar-refractivity contribution is 0.0940. The smallest absolute Gasteiger partial charge is 0.410 e. The Hall–Kier alpha value is -5.14. The Kier molecular flexibility index (Phi) is 11.0. The molecule has 0 spiro atoms. The van der Waals surface area contributed by atoms with Gasteiger partial charge in [0.25, 0.3) is 11.8 Å². The number of aromatic nitrogens is 2. The molecule has 4 rings (SSSR count). The van der Waals surface area contributed by atoms with Crippen molar-refractivity contribution in [3.8, 4) is 5.75 Å². The first-order chi connectivity index (χ1) is 19.6. The molecule has 0 saturated heterocycles. The Morgan fingerprint density at radius 2 is 1.32 bits per heavy atom. The van der Waals surface area contributed by atoms with E-state index in [2.05, 4.69) is 20.7 Å². The Morgan fingerprint density at radius 3 is 1.85 bits per heavy atom. The van der Waals surface area contributed by atoms with E-state index in [9.17, 15) is 28.0 Å². The Balaban J connectivity index is 0.000000228. The number of imide groups is 2. The minimum absolute atomic E-state index is 0.0208. The van der Waals surface area contributed by atoms with Gasteiger partial charge in [-0.2, -0.15) is 0 Å². The van der Waals surface area contributed by atoms with Crippen LogP contribution in [-0.4, -0.2) is 33.9 Å². The summed E-state index contributed by atoms with van der Waals surface area (Å²) in [5, 5.41) is 4.77. The zero-order valence-corrected chi connectivity index (χ0v) is 22.0. The highest BCUT2D eigenvalue weighted by Gasteiger charge is 2.13. The fourth-order valence-corrected chi connectivity index (χ4v) is 2.94. The molecule has 0 fully saturated rings. The summed E-state index contributed by atoms with van der Waals surface area (Å²) in [5.41, 5.74) is 4.14. The van der Waals surface area contributed by atoms with Crippen LogP contribution in [0.15, 0.2) is 85.2 Å². The van der Waals surface area contributed by atoms with E-state index < -0.39 is 35.6 Å². The lowest BCUT2D eigenvalue weighted by Crippen LogP contribution is -2.42. The molecule has 0 unspecified atom stereocenters. The molecule has 0 radical (unpaired) electrons. The highest BCUT2D eigenvalue weighted by molar-refractivity contribution is 6.30. The first-order valence-corrected chi connectivity index (χ1v) is 12.0. The first-order valence-electron chi connectivity index (χ1n) is 11.2. The number of anilines is 1. The minimum atomic E-state index is -0.939. The number of hydrogen-bond donors (Lipinski definition) is 4. The zero-order valence-electron chi connectivity index (χ0n) is 20.5. The molecule has 0 atom stereocenters. The van der Waals surface area contributed by atoms with Crippen molar-refractivity contribution in [2.24, 2.45) is 0 Å². The Labute approximate surface area is 240 Å². The highest BCUT2D eigenvalue weighted by Crippen LogP contribution is 2.13. The van der Waals surface area contributed by atoms with Crippen LogP contribution < -0.4 is 26.2 Å². The van der Waals surface area contributed by atoms with Gasteiger partial charge in [-0.1, -0.05) is 41.4 Å². The number of carbonyl (C=O) groups excluding carboxylic acids is 4. The van der Waals surface area contributed by atoms with Crippen molar-refractivity contribution in [2.45, 2.75) is 0 Å². The molecule has 0 aliphatic carbocycles. The molecule has 0 saturated carbocycles. The molecule has 2 aromatic heterocycles.